The van der Waals surface area contributed by atoms with Gasteiger partial charge in [-0.25, -0.2) is 0 Å². The molecule has 0 saturated heterocycles. The maximum absolute atomic E-state index is 12.6. The van der Waals surface area contributed by atoms with Gasteiger partial charge in [-0.05, 0) is 47.6 Å². The zero-order valence-corrected chi connectivity index (χ0v) is 14.0. The molecule has 0 aromatic heterocycles. The first-order valence-corrected chi connectivity index (χ1v) is 8.55. The fourth-order valence-electron chi connectivity index (χ4n) is 2.55. The lowest BCUT2D eigenvalue weighted by Gasteiger charge is -2.28. The highest BCUT2D eigenvalue weighted by atomic mass is 127. The van der Waals surface area contributed by atoms with Crippen molar-refractivity contribution < 1.29 is 4.79 Å². The highest BCUT2D eigenvalue weighted by molar-refractivity contribution is 14.1. The summed E-state index contributed by atoms with van der Waals surface area (Å²) in [6, 6.07) is 8.28. The number of halogens is 2. The van der Waals surface area contributed by atoms with E-state index < -0.39 is 0 Å². The van der Waals surface area contributed by atoms with Crippen molar-refractivity contribution in [3.63, 3.8) is 0 Å². The van der Waals surface area contributed by atoms with E-state index in [0.29, 0.717) is 6.04 Å². The molecule has 0 N–H and O–H groups in total. The van der Waals surface area contributed by atoms with E-state index in [1.807, 2.05) is 24.3 Å². The van der Waals surface area contributed by atoms with Gasteiger partial charge >= 0.3 is 0 Å². The van der Waals surface area contributed by atoms with Crippen LogP contribution in [0.4, 0.5) is 0 Å². The molecule has 0 bridgehead atoms. The van der Waals surface area contributed by atoms with E-state index in [1.165, 1.54) is 12.8 Å². The molecule has 1 aromatic carbocycles. The molecule has 1 fully saturated rings. The van der Waals surface area contributed by atoms with Gasteiger partial charge in [0.15, 0.2) is 0 Å². The van der Waals surface area contributed by atoms with Crippen LogP contribution in [0, 0.1) is 3.57 Å². The molecular weight excluding hydrogens is 405 g/mol. The number of carbonyl (C=O) groups excluding carboxylic acids is 1. The Bertz CT molecular complexity index is 418. The van der Waals surface area contributed by atoms with Gasteiger partial charge in [0.2, 0.25) is 0 Å². The second-order valence-corrected chi connectivity index (χ2v) is 6.56. The summed E-state index contributed by atoms with van der Waals surface area (Å²) >= 11 is 5.70. The van der Waals surface area contributed by atoms with Gasteiger partial charge in [0.25, 0.3) is 5.91 Å². The Balaban J connectivity index is 2.20. The molecule has 98 valence electrons. The minimum absolute atomic E-state index is 0.186. The third kappa shape index (κ3) is 3.26. The standard InChI is InChI=1S/C14H17BrINO/c15-9-10-17(11-5-1-2-6-11)14(18)12-7-3-4-8-13(12)16/h3-4,7-8,11H,1-2,5-6,9-10H2. The number of carbonyl (C=O) groups is 1. The molecule has 2 rings (SSSR count). The number of amides is 1. The van der Waals surface area contributed by atoms with Crippen LogP contribution in [-0.4, -0.2) is 28.7 Å². The summed E-state index contributed by atoms with van der Waals surface area (Å²) in [7, 11) is 0. The molecule has 0 aliphatic heterocycles. The number of alkyl halides is 1. The Morgan fingerprint density at radius 3 is 2.61 bits per heavy atom. The van der Waals surface area contributed by atoms with Crippen LogP contribution in [0.2, 0.25) is 0 Å². The number of nitrogens with zero attached hydrogens (tertiary/aromatic N) is 1. The van der Waals surface area contributed by atoms with E-state index in [2.05, 4.69) is 43.4 Å². The van der Waals surface area contributed by atoms with Crippen LogP contribution < -0.4 is 0 Å². The van der Waals surface area contributed by atoms with E-state index in [1.54, 1.807) is 0 Å². The molecular formula is C14H17BrINO. The summed E-state index contributed by atoms with van der Waals surface area (Å²) in [5, 5.41) is 0.846. The van der Waals surface area contributed by atoms with E-state index in [4.69, 9.17) is 0 Å². The summed E-state index contributed by atoms with van der Waals surface area (Å²) in [5.41, 5.74) is 0.839. The van der Waals surface area contributed by atoms with Crippen LogP contribution >= 0.6 is 38.5 Å². The Morgan fingerprint density at radius 2 is 2.00 bits per heavy atom. The zero-order valence-electron chi connectivity index (χ0n) is 10.2. The fourth-order valence-corrected chi connectivity index (χ4v) is 3.55. The molecule has 1 aromatic rings. The number of benzene rings is 1. The number of hydrogen-bond donors (Lipinski definition) is 0. The lowest BCUT2D eigenvalue weighted by Crippen LogP contribution is -2.40. The third-order valence-corrected chi connectivity index (χ3v) is 4.75. The van der Waals surface area contributed by atoms with E-state index in [-0.39, 0.29) is 5.91 Å². The van der Waals surface area contributed by atoms with E-state index >= 15 is 0 Å². The Morgan fingerprint density at radius 1 is 1.33 bits per heavy atom. The van der Waals surface area contributed by atoms with Gasteiger partial charge in [0, 0.05) is 21.5 Å². The molecule has 1 aliphatic carbocycles. The molecule has 2 nitrogen and oxygen atoms in total. The molecule has 1 amide bonds. The summed E-state index contributed by atoms with van der Waals surface area (Å²) in [5.74, 6) is 0.186. The minimum atomic E-state index is 0.186. The van der Waals surface area contributed by atoms with Crippen molar-refractivity contribution in [1.82, 2.24) is 4.90 Å². The smallest absolute Gasteiger partial charge is 0.255 e. The predicted molar refractivity (Wildman–Crippen MR) is 86.2 cm³/mol. The van der Waals surface area contributed by atoms with Gasteiger partial charge < -0.3 is 4.90 Å². The van der Waals surface area contributed by atoms with Crippen molar-refractivity contribution in [1.29, 1.82) is 0 Å². The summed E-state index contributed by atoms with van der Waals surface area (Å²) in [4.78, 5) is 14.7. The van der Waals surface area contributed by atoms with Gasteiger partial charge in [0.1, 0.15) is 0 Å². The number of hydrogen-bond acceptors (Lipinski definition) is 1. The fraction of sp³-hybridized carbons (Fsp3) is 0.500. The lowest BCUT2D eigenvalue weighted by atomic mass is 10.1. The summed E-state index contributed by atoms with van der Waals surface area (Å²) < 4.78 is 1.04. The van der Waals surface area contributed by atoms with Crippen LogP contribution in [0.15, 0.2) is 24.3 Å². The first-order valence-electron chi connectivity index (χ1n) is 6.35. The first kappa shape index (κ1) is 14.3. The van der Waals surface area contributed by atoms with E-state index in [0.717, 1.165) is 33.9 Å². The molecule has 0 spiro atoms. The van der Waals surface area contributed by atoms with Gasteiger partial charge in [-0.15, -0.1) is 0 Å². The van der Waals surface area contributed by atoms with Crippen LogP contribution in [0.25, 0.3) is 0 Å². The minimum Gasteiger partial charge on any atom is -0.335 e. The SMILES string of the molecule is O=C(c1ccccc1I)N(CCBr)C1CCCC1. The maximum atomic E-state index is 12.6. The van der Waals surface area contributed by atoms with Crippen molar-refractivity contribution in [3.8, 4) is 0 Å². The van der Waals surface area contributed by atoms with Crippen molar-refractivity contribution in [2.24, 2.45) is 0 Å². The molecule has 1 saturated carbocycles. The average molecular weight is 422 g/mol. The molecule has 18 heavy (non-hydrogen) atoms. The van der Waals surface area contributed by atoms with Crippen molar-refractivity contribution in [3.05, 3.63) is 33.4 Å². The molecule has 4 heteroatoms. The van der Waals surface area contributed by atoms with E-state index in [9.17, 15) is 4.79 Å². The Hall–Kier alpha value is -0.100. The second kappa shape index (κ2) is 6.89. The molecule has 0 heterocycles. The second-order valence-electron chi connectivity index (χ2n) is 4.61. The Kier molecular flexibility index (Phi) is 5.48. The van der Waals surface area contributed by atoms with Crippen molar-refractivity contribution in [2.45, 2.75) is 31.7 Å². The van der Waals surface area contributed by atoms with Crippen molar-refractivity contribution in [2.75, 3.05) is 11.9 Å². The van der Waals surface area contributed by atoms with Gasteiger partial charge in [-0.2, -0.15) is 0 Å². The summed E-state index contributed by atoms with van der Waals surface area (Å²) in [6.45, 7) is 0.800. The van der Waals surface area contributed by atoms with Crippen molar-refractivity contribution >= 4 is 44.4 Å². The lowest BCUT2D eigenvalue weighted by molar-refractivity contribution is 0.0695. The van der Waals surface area contributed by atoms with Crippen LogP contribution in [-0.2, 0) is 0 Å². The Labute approximate surface area is 130 Å². The van der Waals surface area contributed by atoms with Gasteiger partial charge in [0.05, 0.1) is 5.56 Å². The predicted octanol–water partition coefficient (Wildman–Crippen LogP) is 4.07. The molecule has 1 aliphatic rings. The molecule has 0 unspecified atom stereocenters. The highest BCUT2D eigenvalue weighted by Gasteiger charge is 2.27. The van der Waals surface area contributed by atoms with Gasteiger partial charge in [-0.1, -0.05) is 40.9 Å². The molecule has 0 radical (unpaired) electrons. The maximum Gasteiger partial charge on any atom is 0.255 e. The first-order chi connectivity index (χ1) is 8.74. The summed E-state index contributed by atoms with van der Waals surface area (Å²) in [6.07, 6.45) is 4.82. The number of rotatable bonds is 4. The topological polar surface area (TPSA) is 20.3 Å². The van der Waals surface area contributed by atoms with Gasteiger partial charge in [-0.3, -0.25) is 4.79 Å². The zero-order chi connectivity index (χ0) is 13.0. The monoisotopic (exact) mass is 421 g/mol. The highest BCUT2D eigenvalue weighted by Crippen LogP contribution is 2.26. The largest absolute Gasteiger partial charge is 0.335 e. The average Bonchev–Trinajstić information content (AvgIpc) is 2.89. The normalized spacial score (nSPS) is 15.9. The molecule has 0 atom stereocenters. The van der Waals surface area contributed by atoms with Crippen LogP contribution in [0.3, 0.4) is 0 Å². The van der Waals surface area contributed by atoms with Crippen LogP contribution in [0.1, 0.15) is 36.0 Å². The third-order valence-electron chi connectivity index (χ3n) is 3.46. The van der Waals surface area contributed by atoms with Crippen LogP contribution in [0.5, 0.6) is 0 Å². The quantitative estimate of drug-likeness (QED) is 0.530.